The van der Waals surface area contributed by atoms with Crippen LogP contribution in [0, 0.1) is 0 Å². The summed E-state index contributed by atoms with van der Waals surface area (Å²) in [7, 11) is 0. The third kappa shape index (κ3) is 5.68. The van der Waals surface area contributed by atoms with Crippen molar-refractivity contribution in [1.29, 1.82) is 0 Å². The monoisotopic (exact) mass is 304 g/mol. The number of ether oxygens (including phenoxy) is 1. The first-order valence-electron chi connectivity index (χ1n) is 8.53. The van der Waals surface area contributed by atoms with Crippen LogP contribution in [-0.2, 0) is 4.74 Å². The fourth-order valence-corrected chi connectivity index (χ4v) is 2.69. The number of unbranched alkanes of at least 4 members (excludes halogenated alkanes) is 1. The maximum Gasteiger partial charge on any atom is 0.338 e. The summed E-state index contributed by atoms with van der Waals surface area (Å²) in [4.78, 5) is 14.4. The number of anilines is 1. The van der Waals surface area contributed by atoms with E-state index in [9.17, 15) is 4.79 Å². The quantitative estimate of drug-likeness (QED) is 0.589. The number of hydrogen-bond donors (Lipinski definition) is 1. The van der Waals surface area contributed by atoms with E-state index in [2.05, 4.69) is 17.1 Å². The molecule has 122 valence electrons. The molecule has 4 nitrogen and oxygen atoms in total. The third-order valence-electron chi connectivity index (χ3n) is 4.04. The van der Waals surface area contributed by atoms with Crippen LogP contribution in [-0.4, -0.2) is 43.7 Å². The van der Waals surface area contributed by atoms with E-state index < -0.39 is 0 Å². The Kier molecular flexibility index (Phi) is 7.23. The molecule has 1 fully saturated rings. The highest BCUT2D eigenvalue weighted by molar-refractivity contribution is 5.90. The number of benzene rings is 1. The second-order valence-corrected chi connectivity index (χ2v) is 5.90. The molecule has 0 bridgehead atoms. The average Bonchev–Trinajstić information content (AvgIpc) is 2.56. The molecule has 1 aliphatic rings. The second-order valence-electron chi connectivity index (χ2n) is 5.90. The van der Waals surface area contributed by atoms with Crippen molar-refractivity contribution in [2.75, 3.05) is 38.1 Å². The lowest BCUT2D eigenvalue weighted by Gasteiger charge is -2.26. The molecule has 0 spiro atoms. The zero-order chi connectivity index (χ0) is 15.6. The molecule has 0 radical (unpaired) electrons. The lowest BCUT2D eigenvalue weighted by molar-refractivity contribution is 0.0500. The molecule has 1 aliphatic heterocycles. The zero-order valence-corrected chi connectivity index (χ0v) is 13.6. The van der Waals surface area contributed by atoms with Crippen LogP contribution < -0.4 is 5.32 Å². The Morgan fingerprint density at radius 2 is 2.09 bits per heavy atom. The van der Waals surface area contributed by atoms with Crippen LogP contribution >= 0.6 is 0 Å². The van der Waals surface area contributed by atoms with Gasteiger partial charge in [0.15, 0.2) is 0 Å². The van der Waals surface area contributed by atoms with Gasteiger partial charge in [-0.3, -0.25) is 0 Å². The maximum atomic E-state index is 11.9. The van der Waals surface area contributed by atoms with Crippen LogP contribution in [0.1, 0.15) is 49.4 Å². The molecule has 22 heavy (non-hydrogen) atoms. The van der Waals surface area contributed by atoms with Crippen LogP contribution in [0.3, 0.4) is 0 Å². The fraction of sp³-hybridized carbons (Fsp3) is 0.611. The molecule has 0 aliphatic carbocycles. The standard InChI is InChI=1S/C18H28N2O2/c1-2-3-14-22-18(21)16-8-7-9-17(15-16)19-10-13-20-11-5-4-6-12-20/h7-9,15,19H,2-6,10-14H2,1H3. The summed E-state index contributed by atoms with van der Waals surface area (Å²) in [6.45, 7) is 6.99. The van der Waals surface area contributed by atoms with Crippen LogP contribution in [0.4, 0.5) is 5.69 Å². The van der Waals surface area contributed by atoms with Gasteiger partial charge in [0.1, 0.15) is 0 Å². The van der Waals surface area contributed by atoms with E-state index in [1.165, 1.54) is 32.4 Å². The van der Waals surface area contributed by atoms with Gasteiger partial charge >= 0.3 is 5.97 Å². The van der Waals surface area contributed by atoms with Crippen molar-refractivity contribution in [2.24, 2.45) is 0 Å². The highest BCUT2D eigenvalue weighted by Crippen LogP contribution is 2.12. The van der Waals surface area contributed by atoms with Crippen molar-refractivity contribution >= 4 is 11.7 Å². The van der Waals surface area contributed by atoms with Gasteiger partial charge in [0.2, 0.25) is 0 Å². The van der Waals surface area contributed by atoms with E-state index in [1.54, 1.807) is 0 Å². The molecule has 0 unspecified atom stereocenters. The number of likely N-dealkylation sites (tertiary alicyclic amines) is 1. The minimum absolute atomic E-state index is 0.229. The summed E-state index contributed by atoms with van der Waals surface area (Å²) in [6.07, 6.45) is 5.95. The molecule has 4 heteroatoms. The topological polar surface area (TPSA) is 41.6 Å². The lowest BCUT2D eigenvalue weighted by Crippen LogP contribution is -2.33. The van der Waals surface area contributed by atoms with Gasteiger partial charge in [-0.25, -0.2) is 4.79 Å². The van der Waals surface area contributed by atoms with Crippen LogP contribution in [0.2, 0.25) is 0 Å². The van der Waals surface area contributed by atoms with E-state index >= 15 is 0 Å². The summed E-state index contributed by atoms with van der Waals surface area (Å²) in [5.74, 6) is -0.229. The highest BCUT2D eigenvalue weighted by Gasteiger charge is 2.10. The largest absolute Gasteiger partial charge is 0.462 e. The summed E-state index contributed by atoms with van der Waals surface area (Å²) in [5, 5.41) is 3.41. The summed E-state index contributed by atoms with van der Waals surface area (Å²) < 4.78 is 5.25. The number of nitrogens with one attached hydrogen (secondary N) is 1. The Balaban J connectivity index is 1.76. The van der Waals surface area contributed by atoms with Crippen LogP contribution in [0.25, 0.3) is 0 Å². The minimum Gasteiger partial charge on any atom is -0.462 e. The minimum atomic E-state index is -0.229. The van der Waals surface area contributed by atoms with Crippen molar-refractivity contribution in [3.8, 4) is 0 Å². The molecule has 1 aromatic rings. The molecule has 0 aromatic heterocycles. The smallest absolute Gasteiger partial charge is 0.338 e. The first-order valence-corrected chi connectivity index (χ1v) is 8.53. The second kappa shape index (κ2) is 9.46. The highest BCUT2D eigenvalue weighted by atomic mass is 16.5. The van der Waals surface area contributed by atoms with Crippen molar-refractivity contribution in [1.82, 2.24) is 4.90 Å². The third-order valence-corrected chi connectivity index (χ3v) is 4.04. The molecule has 1 N–H and O–H groups in total. The number of carbonyl (C=O) groups excluding carboxylic acids is 1. The fourth-order valence-electron chi connectivity index (χ4n) is 2.69. The Morgan fingerprint density at radius 3 is 2.86 bits per heavy atom. The first kappa shape index (κ1) is 16.8. The van der Waals surface area contributed by atoms with Crippen molar-refractivity contribution in [3.63, 3.8) is 0 Å². The van der Waals surface area contributed by atoms with Crippen LogP contribution in [0.15, 0.2) is 24.3 Å². The Labute approximate surface area is 133 Å². The van der Waals surface area contributed by atoms with E-state index in [1.807, 2.05) is 24.3 Å². The van der Waals surface area contributed by atoms with Crippen molar-refractivity contribution < 1.29 is 9.53 Å². The van der Waals surface area contributed by atoms with Gasteiger partial charge in [-0.2, -0.15) is 0 Å². The number of carbonyl (C=O) groups is 1. The Hall–Kier alpha value is -1.55. The summed E-state index contributed by atoms with van der Waals surface area (Å²) in [6, 6.07) is 7.59. The summed E-state index contributed by atoms with van der Waals surface area (Å²) >= 11 is 0. The number of hydrogen-bond acceptors (Lipinski definition) is 4. The van der Waals surface area contributed by atoms with Gasteiger partial charge in [-0.1, -0.05) is 25.8 Å². The molecule has 0 amide bonds. The predicted molar refractivity (Wildman–Crippen MR) is 90.4 cm³/mol. The van der Waals surface area contributed by atoms with E-state index in [0.717, 1.165) is 31.6 Å². The molecular formula is C18H28N2O2. The van der Waals surface area contributed by atoms with Gasteiger partial charge < -0.3 is 15.0 Å². The van der Waals surface area contributed by atoms with Gasteiger partial charge in [0.25, 0.3) is 0 Å². The average molecular weight is 304 g/mol. The summed E-state index contributed by atoms with van der Waals surface area (Å²) in [5.41, 5.74) is 1.61. The van der Waals surface area contributed by atoms with Gasteiger partial charge in [0, 0.05) is 18.8 Å². The van der Waals surface area contributed by atoms with Crippen molar-refractivity contribution in [3.05, 3.63) is 29.8 Å². The van der Waals surface area contributed by atoms with Crippen LogP contribution in [0.5, 0.6) is 0 Å². The van der Waals surface area contributed by atoms with E-state index in [-0.39, 0.29) is 5.97 Å². The first-order chi connectivity index (χ1) is 10.8. The molecule has 2 rings (SSSR count). The molecule has 1 saturated heterocycles. The van der Waals surface area contributed by atoms with Gasteiger partial charge in [-0.15, -0.1) is 0 Å². The predicted octanol–water partition coefficient (Wildman–Crippen LogP) is 3.54. The zero-order valence-electron chi connectivity index (χ0n) is 13.6. The molecule has 0 atom stereocenters. The normalized spacial score (nSPS) is 15.5. The molecular weight excluding hydrogens is 276 g/mol. The van der Waals surface area contributed by atoms with Crippen molar-refractivity contribution in [2.45, 2.75) is 39.0 Å². The number of nitrogens with zero attached hydrogens (tertiary/aromatic N) is 1. The Bertz CT molecular complexity index is 456. The molecule has 1 heterocycles. The van der Waals surface area contributed by atoms with Gasteiger partial charge in [0.05, 0.1) is 12.2 Å². The molecule has 0 saturated carbocycles. The van der Waals surface area contributed by atoms with E-state index in [0.29, 0.717) is 12.2 Å². The maximum absolute atomic E-state index is 11.9. The number of esters is 1. The van der Waals surface area contributed by atoms with E-state index in [4.69, 9.17) is 4.74 Å². The lowest BCUT2D eigenvalue weighted by atomic mass is 10.1. The SMILES string of the molecule is CCCCOC(=O)c1cccc(NCCN2CCCCC2)c1. The number of piperidine rings is 1. The Morgan fingerprint density at radius 1 is 1.27 bits per heavy atom. The van der Waals surface area contributed by atoms with Gasteiger partial charge in [-0.05, 0) is 50.6 Å². The number of rotatable bonds is 8. The molecule has 1 aromatic carbocycles.